The second kappa shape index (κ2) is 5.05. The minimum absolute atomic E-state index is 0.0820. The third kappa shape index (κ3) is 2.33. The molecule has 0 aliphatic heterocycles. The highest BCUT2D eigenvalue weighted by atomic mass is 14.8. The second-order valence-electron chi connectivity index (χ2n) is 6.37. The molecule has 1 aromatic carbocycles. The summed E-state index contributed by atoms with van der Waals surface area (Å²) < 4.78 is 0. The molecule has 0 heterocycles. The molecule has 0 bridgehead atoms. The van der Waals surface area contributed by atoms with Crippen LogP contribution in [0.5, 0.6) is 0 Å². The molecule has 0 aromatic heterocycles. The summed E-state index contributed by atoms with van der Waals surface area (Å²) in [4.78, 5) is 0. The van der Waals surface area contributed by atoms with Crippen molar-refractivity contribution in [1.29, 1.82) is 0 Å². The van der Waals surface area contributed by atoms with Gasteiger partial charge in [0.15, 0.2) is 0 Å². The first-order valence-electron chi connectivity index (χ1n) is 7.64. The van der Waals surface area contributed by atoms with Crippen LogP contribution in [-0.4, -0.2) is 5.54 Å². The van der Waals surface area contributed by atoms with E-state index in [-0.39, 0.29) is 5.54 Å². The third-order valence-corrected chi connectivity index (χ3v) is 5.17. The molecule has 0 saturated heterocycles. The average molecular weight is 243 g/mol. The van der Waals surface area contributed by atoms with Crippen LogP contribution in [-0.2, 0) is 12.8 Å². The smallest absolute Gasteiger partial charge is 0.0226 e. The first kappa shape index (κ1) is 12.2. The van der Waals surface area contributed by atoms with Crippen molar-refractivity contribution < 1.29 is 0 Å². The van der Waals surface area contributed by atoms with Crippen molar-refractivity contribution >= 4 is 0 Å². The fourth-order valence-electron chi connectivity index (χ4n) is 3.99. The van der Waals surface area contributed by atoms with E-state index in [1.54, 1.807) is 0 Å². The molecule has 1 heteroatoms. The molecule has 0 spiro atoms. The molecule has 1 atom stereocenters. The van der Waals surface area contributed by atoms with Crippen LogP contribution < -0.4 is 5.73 Å². The number of fused-ring (bicyclic) bond motifs is 1. The van der Waals surface area contributed by atoms with Gasteiger partial charge >= 0.3 is 0 Å². The van der Waals surface area contributed by atoms with Gasteiger partial charge in [0.2, 0.25) is 0 Å². The van der Waals surface area contributed by atoms with Gasteiger partial charge in [-0.25, -0.2) is 0 Å². The monoisotopic (exact) mass is 243 g/mol. The van der Waals surface area contributed by atoms with Crippen LogP contribution in [0.15, 0.2) is 24.3 Å². The minimum atomic E-state index is 0.0820. The molecule has 1 fully saturated rings. The zero-order chi connectivity index (χ0) is 12.4. The predicted octanol–water partition coefficient (Wildman–Crippen LogP) is 3.84. The van der Waals surface area contributed by atoms with Crippen molar-refractivity contribution in [3.05, 3.63) is 35.4 Å². The molecule has 2 aliphatic rings. The van der Waals surface area contributed by atoms with E-state index in [0.717, 1.165) is 12.3 Å². The largest absolute Gasteiger partial charge is 0.325 e. The van der Waals surface area contributed by atoms with Crippen LogP contribution in [0.2, 0.25) is 0 Å². The fraction of sp³-hybridized carbons (Fsp3) is 0.647. The topological polar surface area (TPSA) is 26.0 Å². The Morgan fingerprint density at radius 1 is 0.944 bits per heavy atom. The maximum atomic E-state index is 6.82. The van der Waals surface area contributed by atoms with Gasteiger partial charge in [0.1, 0.15) is 0 Å². The van der Waals surface area contributed by atoms with Crippen molar-refractivity contribution in [3.63, 3.8) is 0 Å². The Hall–Kier alpha value is -0.820. The molecule has 18 heavy (non-hydrogen) atoms. The number of hydrogen-bond donors (Lipinski definition) is 1. The van der Waals surface area contributed by atoms with Crippen molar-refractivity contribution in [3.8, 4) is 0 Å². The molecular weight excluding hydrogens is 218 g/mol. The van der Waals surface area contributed by atoms with E-state index in [0.29, 0.717) is 0 Å². The van der Waals surface area contributed by atoms with Crippen LogP contribution in [0.1, 0.15) is 56.1 Å². The Balaban J connectivity index is 1.79. The molecule has 1 nitrogen and oxygen atoms in total. The molecule has 2 N–H and O–H groups in total. The number of hydrogen-bond acceptors (Lipinski definition) is 1. The zero-order valence-corrected chi connectivity index (χ0v) is 11.3. The van der Waals surface area contributed by atoms with Gasteiger partial charge in [-0.05, 0) is 49.1 Å². The van der Waals surface area contributed by atoms with Crippen molar-refractivity contribution in [2.75, 3.05) is 0 Å². The summed E-state index contributed by atoms with van der Waals surface area (Å²) >= 11 is 0. The predicted molar refractivity (Wildman–Crippen MR) is 76.6 cm³/mol. The minimum Gasteiger partial charge on any atom is -0.325 e. The highest BCUT2D eigenvalue weighted by molar-refractivity contribution is 5.32. The lowest BCUT2D eigenvalue weighted by molar-refractivity contribution is 0.216. The zero-order valence-electron chi connectivity index (χ0n) is 11.3. The summed E-state index contributed by atoms with van der Waals surface area (Å²) in [7, 11) is 0. The molecule has 0 amide bonds. The van der Waals surface area contributed by atoms with E-state index in [1.165, 1.54) is 62.5 Å². The van der Waals surface area contributed by atoms with Crippen molar-refractivity contribution in [2.24, 2.45) is 11.7 Å². The van der Waals surface area contributed by atoms with Gasteiger partial charge < -0.3 is 5.73 Å². The van der Waals surface area contributed by atoms with E-state index in [4.69, 9.17) is 5.73 Å². The van der Waals surface area contributed by atoms with E-state index in [2.05, 4.69) is 24.3 Å². The molecule has 1 unspecified atom stereocenters. The van der Waals surface area contributed by atoms with Gasteiger partial charge in [-0.3, -0.25) is 0 Å². The molecule has 2 aliphatic carbocycles. The van der Waals surface area contributed by atoms with Crippen LogP contribution in [0.25, 0.3) is 0 Å². The van der Waals surface area contributed by atoms with Gasteiger partial charge in [0.05, 0.1) is 0 Å². The van der Waals surface area contributed by atoms with E-state index in [9.17, 15) is 0 Å². The molecule has 1 saturated carbocycles. The maximum absolute atomic E-state index is 6.82. The summed E-state index contributed by atoms with van der Waals surface area (Å²) in [5.41, 5.74) is 9.94. The molecule has 1 aromatic rings. The number of rotatable bonds is 1. The molecular formula is C17H25N. The third-order valence-electron chi connectivity index (χ3n) is 5.17. The standard InChI is InChI=1S/C17H25N/c18-17(16-9-3-1-2-4-10-16)12-11-14-7-5-6-8-15(14)13-17/h5-8,16H,1-4,9-13,18H2. The number of benzene rings is 1. The summed E-state index contributed by atoms with van der Waals surface area (Å²) in [6.45, 7) is 0. The number of aryl methyl sites for hydroxylation is 1. The summed E-state index contributed by atoms with van der Waals surface area (Å²) in [6.07, 6.45) is 11.8. The quantitative estimate of drug-likeness (QED) is 0.745. The lowest BCUT2D eigenvalue weighted by atomic mass is 9.69. The average Bonchev–Trinajstić information content (AvgIpc) is 2.68. The van der Waals surface area contributed by atoms with Gasteiger partial charge in [-0.2, -0.15) is 0 Å². The second-order valence-corrected chi connectivity index (χ2v) is 6.37. The normalized spacial score (nSPS) is 29.6. The van der Waals surface area contributed by atoms with Gasteiger partial charge in [0.25, 0.3) is 0 Å². The van der Waals surface area contributed by atoms with Gasteiger partial charge in [0, 0.05) is 5.54 Å². The Bertz CT molecular complexity index is 404. The van der Waals surface area contributed by atoms with Crippen LogP contribution in [0.3, 0.4) is 0 Å². The number of nitrogens with two attached hydrogens (primary N) is 1. The van der Waals surface area contributed by atoms with Crippen molar-refractivity contribution in [1.82, 2.24) is 0 Å². The summed E-state index contributed by atoms with van der Waals surface area (Å²) in [5.74, 6) is 0.758. The fourth-order valence-corrected chi connectivity index (χ4v) is 3.99. The highest BCUT2D eigenvalue weighted by Gasteiger charge is 2.37. The van der Waals surface area contributed by atoms with Gasteiger partial charge in [-0.15, -0.1) is 0 Å². The van der Waals surface area contributed by atoms with E-state index >= 15 is 0 Å². The molecule has 98 valence electrons. The molecule has 0 radical (unpaired) electrons. The highest BCUT2D eigenvalue weighted by Crippen LogP contribution is 2.38. The van der Waals surface area contributed by atoms with Gasteiger partial charge in [-0.1, -0.05) is 49.9 Å². The Kier molecular flexibility index (Phi) is 3.43. The van der Waals surface area contributed by atoms with Crippen LogP contribution >= 0.6 is 0 Å². The Labute approximate surface area is 111 Å². The van der Waals surface area contributed by atoms with Crippen molar-refractivity contribution in [2.45, 2.75) is 63.3 Å². The summed E-state index contributed by atoms with van der Waals surface area (Å²) in [5, 5.41) is 0. The SMILES string of the molecule is NC1(C2CCCCCC2)CCc2ccccc2C1. The molecule has 3 rings (SSSR count). The maximum Gasteiger partial charge on any atom is 0.0226 e. The Morgan fingerprint density at radius 3 is 2.33 bits per heavy atom. The van der Waals surface area contributed by atoms with Crippen LogP contribution in [0, 0.1) is 5.92 Å². The first-order valence-corrected chi connectivity index (χ1v) is 7.64. The van der Waals surface area contributed by atoms with E-state index < -0.39 is 0 Å². The first-order chi connectivity index (χ1) is 8.78. The van der Waals surface area contributed by atoms with E-state index in [1.807, 2.05) is 0 Å². The lowest BCUT2D eigenvalue weighted by Gasteiger charge is -2.41. The summed E-state index contributed by atoms with van der Waals surface area (Å²) in [6, 6.07) is 8.89. The Morgan fingerprint density at radius 2 is 1.61 bits per heavy atom. The lowest BCUT2D eigenvalue weighted by Crippen LogP contribution is -2.51. The van der Waals surface area contributed by atoms with Crippen LogP contribution in [0.4, 0.5) is 0 Å².